The average molecular weight is 353 g/mol. The maximum Gasteiger partial charge on any atom is 0.233 e. The Kier molecular flexibility index (Phi) is 6.20. The van der Waals surface area contributed by atoms with Crippen molar-refractivity contribution < 1.29 is 13.2 Å². The van der Waals surface area contributed by atoms with E-state index in [4.69, 9.17) is 4.74 Å². The summed E-state index contributed by atoms with van der Waals surface area (Å²) in [4.78, 5) is 2.29. The molecule has 2 atom stereocenters. The van der Waals surface area contributed by atoms with Gasteiger partial charge in [-0.05, 0) is 39.3 Å². The Morgan fingerprint density at radius 3 is 2.38 bits per heavy atom. The molecule has 1 aliphatic heterocycles. The van der Waals surface area contributed by atoms with Gasteiger partial charge in [0.15, 0.2) is 0 Å². The molecule has 0 spiro atoms. The van der Waals surface area contributed by atoms with Gasteiger partial charge in [-0.3, -0.25) is 4.90 Å². The minimum atomic E-state index is -3.47. The van der Waals surface area contributed by atoms with Crippen molar-refractivity contribution in [2.24, 2.45) is 0 Å². The van der Waals surface area contributed by atoms with Crippen LogP contribution in [0.25, 0.3) is 6.08 Å². The van der Waals surface area contributed by atoms with E-state index in [0.717, 1.165) is 18.7 Å². The maximum absolute atomic E-state index is 12.2. The minimum Gasteiger partial charge on any atom is -0.373 e. The van der Waals surface area contributed by atoms with Crippen LogP contribution < -0.4 is 4.72 Å². The van der Waals surface area contributed by atoms with Gasteiger partial charge in [-0.25, -0.2) is 13.1 Å². The number of sulfonamides is 1. The van der Waals surface area contributed by atoms with Gasteiger partial charge in [-0.1, -0.05) is 30.3 Å². The van der Waals surface area contributed by atoms with Gasteiger partial charge < -0.3 is 4.74 Å². The van der Waals surface area contributed by atoms with Crippen LogP contribution in [0.15, 0.2) is 35.7 Å². The molecule has 0 amide bonds. The molecule has 1 heterocycles. The highest BCUT2D eigenvalue weighted by Crippen LogP contribution is 2.21. The lowest BCUT2D eigenvalue weighted by molar-refractivity contribution is -0.0944. The van der Waals surface area contributed by atoms with E-state index in [1.807, 2.05) is 44.2 Å². The molecule has 1 N–H and O–H groups in total. The third kappa shape index (κ3) is 5.70. The minimum absolute atomic E-state index is 0.155. The van der Waals surface area contributed by atoms with Gasteiger partial charge in [0.25, 0.3) is 0 Å². The lowest BCUT2D eigenvalue weighted by Gasteiger charge is -2.45. The lowest BCUT2D eigenvalue weighted by atomic mass is 10.0. The lowest BCUT2D eigenvalue weighted by Crippen LogP contribution is -2.58. The Bertz CT molecular complexity index is 646. The van der Waals surface area contributed by atoms with Gasteiger partial charge in [0, 0.05) is 30.6 Å². The molecule has 24 heavy (non-hydrogen) atoms. The van der Waals surface area contributed by atoms with Crippen LogP contribution in [0.3, 0.4) is 0 Å². The zero-order chi connectivity index (χ0) is 17.8. The van der Waals surface area contributed by atoms with E-state index < -0.39 is 10.0 Å². The summed E-state index contributed by atoms with van der Waals surface area (Å²) >= 11 is 0. The van der Waals surface area contributed by atoms with Crippen LogP contribution in [-0.4, -0.2) is 50.7 Å². The van der Waals surface area contributed by atoms with Crippen LogP contribution in [-0.2, 0) is 14.8 Å². The van der Waals surface area contributed by atoms with Crippen molar-refractivity contribution in [3.63, 3.8) is 0 Å². The topological polar surface area (TPSA) is 58.6 Å². The number of ether oxygens (including phenoxy) is 1. The summed E-state index contributed by atoms with van der Waals surface area (Å²) in [6.45, 7) is 10.2. The fourth-order valence-electron chi connectivity index (χ4n) is 2.84. The largest absolute Gasteiger partial charge is 0.373 e. The highest BCUT2D eigenvalue weighted by atomic mass is 32.2. The molecule has 2 rings (SSSR count). The molecular formula is C18H28N2O3S. The standard InChI is InChI=1S/C18H28N2O3S/c1-15-12-20(13-16(2)23-15)18(3,4)14-19-24(21,22)11-10-17-8-6-5-7-9-17/h5-11,15-16,19H,12-14H2,1-4H3. The van der Waals surface area contributed by atoms with Gasteiger partial charge in [0.1, 0.15) is 0 Å². The molecule has 134 valence electrons. The first-order chi connectivity index (χ1) is 11.2. The zero-order valence-electron chi connectivity index (χ0n) is 14.9. The molecule has 0 aromatic heterocycles. The van der Waals surface area contributed by atoms with E-state index in [1.165, 1.54) is 5.41 Å². The smallest absolute Gasteiger partial charge is 0.233 e. The summed E-state index contributed by atoms with van der Waals surface area (Å²) in [5.74, 6) is 0. The van der Waals surface area contributed by atoms with Crippen molar-refractivity contribution in [1.29, 1.82) is 0 Å². The molecule has 1 aromatic carbocycles. The number of rotatable bonds is 6. The molecule has 1 aliphatic rings. The Morgan fingerprint density at radius 1 is 1.21 bits per heavy atom. The molecule has 0 saturated carbocycles. The fraction of sp³-hybridized carbons (Fsp3) is 0.556. The SMILES string of the molecule is CC1CN(C(C)(C)CNS(=O)(=O)C=Cc2ccccc2)CC(C)O1. The van der Waals surface area contributed by atoms with E-state index in [1.54, 1.807) is 6.08 Å². The predicted octanol–water partition coefficient (Wildman–Crippen LogP) is 2.46. The van der Waals surface area contributed by atoms with Crippen molar-refractivity contribution in [1.82, 2.24) is 9.62 Å². The highest BCUT2D eigenvalue weighted by molar-refractivity contribution is 7.92. The fourth-order valence-corrected chi connectivity index (χ4v) is 3.83. The predicted molar refractivity (Wildman–Crippen MR) is 98.1 cm³/mol. The van der Waals surface area contributed by atoms with Gasteiger partial charge >= 0.3 is 0 Å². The average Bonchev–Trinajstić information content (AvgIpc) is 2.52. The summed E-state index contributed by atoms with van der Waals surface area (Å²) in [6, 6.07) is 9.39. The third-order valence-electron chi connectivity index (χ3n) is 4.22. The molecule has 1 saturated heterocycles. The zero-order valence-corrected chi connectivity index (χ0v) is 15.7. The van der Waals surface area contributed by atoms with Crippen molar-refractivity contribution in [2.75, 3.05) is 19.6 Å². The van der Waals surface area contributed by atoms with Crippen molar-refractivity contribution in [3.8, 4) is 0 Å². The van der Waals surface area contributed by atoms with E-state index in [2.05, 4.69) is 23.5 Å². The Labute approximate surface area is 145 Å². The summed E-state index contributed by atoms with van der Waals surface area (Å²) in [7, 11) is -3.47. The molecule has 2 unspecified atom stereocenters. The Balaban J connectivity index is 1.96. The molecule has 0 aliphatic carbocycles. The van der Waals surface area contributed by atoms with E-state index in [-0.39, 0.29) is 17.7 Å². The third-order valence-corrected chi connectivity index (χ3v) is 5.26. The summed E-state index contributed by atoms with van der Waals surface area (Å²) < 4.78 is 32.9. The molecule has 1 aromatic rings. The highest BCUT2D eigenvalue weighted by Gasteiger charge is 2.33. The van der Waals surface area contributed by atoms with Crippen LogP contribution in [0.2, 0.25) is 0 Å². The summed E-state index contributed by atoms with van der Waals surface area (Å²) in [6.07, 6.45) is 1.92. The van der Waals surface area contributed by atoms with Crippen LogP contribution in [0.4, 0.5) is 0 Å². The van der Waals surface area contributed by atoms with Crippen LogP contribution in [0.1, 0.15) is 33.3 Å². The van der Waals surface area contributed by atoms with E-state index in [9.17, 15) is 8.42 Å². The van der Waals surface area contributed by atoms with Gasteiger partial charge in [-0.15, -0.1) is 0 Å². The second-order valence-electron chi connectivity index (χ2n) is 7.05. The number of nitrogens with zero attached hydrogens (tertiary/aromatic N) is 1. The Hall–Kier alpha value is -1.21. The number of nitrogens with one attached hydrogen (secondary N) is 1. The summed E-state index contributed by atoms with van der Waals surface area (Å²) in [5.41, 5.74) is 0.581. The van der Waals surface area contributed by atoms with Crippen LogP contribution in [0.5, 0.6) is 0 Å². The number of morpholine rings is 1. The number of benzene rings is 1. The molecular weight excluding hydrogens is 324 g/mol. The van der Waals surface area contributed by atoms with Crippen molar-refractivity contribution in [3.05, 3.63) is 41.3 Å². The Morgan fingerprint density at radius 2 is 1.79 bits per heavy atom. The summed E-state index contributed by atoms with van der Waals surface area (Å²) in [5, 5.41) is 1.23. The molecule has 6 heteroatoms. The maximum atomic E-state index is 12.2. The van der Waals surface area contributed by atoms with E-state index >= 15 is 0 Å². The number of hydrogen-bond acceptors (Lipinski definition) is 4. The molecule has 0 radical (unpaired) electrons. The second-order valence-corrected chi connectivity index (χ2v) is 8.71. The quantitative estimate of drug-likeness (QED) is 0.854. The van der Waals surface area contributed by atoms with Crippen molar-refractivity contribution >= 4 is 16.1 Å². The van der Waals surface area contributed by atoms with Gasteiger partial charge in [-0.2, -0.15) is 0 Å². The van der Waals surface area contributed by atoms with Gasteiger partial charge in [0.2, 0.25) is 10.0 Å². The van der Waals surface area contributed by atoms with E-state index in [0.29, 0.717) is 6.54 Å². The first kappa shape index (κ1) is 19.1. The second kappa shape index (κ2) is 7.78. The molecule has 1 fully saturated rings. The molecule has 0 bridgehead atoms. The molecule has 5 nitrogen and oxygen atoms in total. The number of hydrogen-bond donors (Lipinski definition) is 1. The normalized spacial score (nSPS) is 23.7. The first-order valence-electron chi connectivity index (χ1n) is 8.31. The first-order valence-corrected chi connectivity index (χ1v) is 9.86. The van der Waals surface area contributed by atoms with Crippen LogP contribution >= 0.6 is 0 Å². The van der Waals surface area contributed by atoms with Gasteiger partial charge in [0.05, 0.1) is 12.2 Å². The van der Waals surface area contributed by atoms with Crippen molar-refractivity contribution in [2.45, 2.75) is 45.4 Å². The monoisotopic (exact) mass is 352 g/mol. The van der Waals surface area contributed by atoms with Crippen LogP contribution in [0, 0.1) is 0 Å².